The van der Waals surface area contributed by atoms with Gasteiger partial charge in [-0.25, -0.2) is 8.78 Å². The Morgan fingerprint density at radius 3 is 2.17 bits per heavy atom. The molecule has 0 radical (unpaired) electrons. The topological polar surface area (TPSA) is 91.4 Å². The fraction of sp³-hybridized carbons (Fsp3) is 0.150. The van der Waals surface area contributed by atoms with Crippen LogP contribution in [0.3, 0.4) is 0 Å². The summed E-state index contributed by atoms with van der Waals surface area (Å²) in [7, 11) is 0. The Bertz CT molecular complexity index is 998. The van der Waals surface area contributed by atoms with Crippen molar-refractivity contribution < 1.29 is 27.8 Å². The molecular weight excluding hydrogens is 390 g/mol. The molecule has 3 rings (SSSR count). The molecule has 0 aliphatic carbocycles. The zero-order chi connectivity index (χ0) is 21.2. The fourth-order valence-electron chi connectivity index (χ4n) is 2.96. The highest BCUT2D eigenvalue weighted by molar-refractivity contribution is 5.63. The van der Waals surface area contributed by atoms with E-state index in [2.05, 4.69) is 4.98 Å². The van der Waals surface area contributed by atoms with Crippen molar-refractivity contribution in [2.24, 2.45) is 5.84 Å². The highest BCUT2D eigenvalue weighted by Crippen LogP contribution is 2.45. The third-order valence-electron chi connectivity index (χ3n) is 4.54. The van der Waals surface area contributed by atoms with Crippen molar-refractivity contribution in [2.75, 3.05) is 6.54 Å². The second-order valence-corrected chi connectivity index (χ2v) is 6.42. The van der Waals surface area contributed by atoms with Crippen LogP contribution in [0.2, 0.25) is 0 Å². The van der Waals surface area contributed by atoms with E-state index in [-0.39, 0.29) is 5.75 Å². The van der Waals surface area contributed by atoms with Gasteiger partial charge in [-0.2, -0.15) is 8.78 Å². The lowest BCUT2D eigenvalue weighted by Gasteiger charge is -2.35. The van der Waals surface area contributed by atoms with Gasteiger partial charge in [0.15, 0.2) is 5.60 Å². The van der Waals surface area contributed by atoms with Gasteiger partial charge < -0.3 is 10.2 Å². The maximum Gasteiger partial charge on any atom is 0.323 e. The Morgan fingerprint density at radius 2 is 1.62 bits per heavy atom. The number of nitrogens with zero attached hydrogens (tertiary/aromatic N) is 1. The molecule has 29 heavy (non-hydrogen) atoms. The summed E-state index contributed by atoms with van der Waals surface area (Å²) in [5.41, 5.74) is -1.76. The monoisotopic (exact) mass is 407 g/mol. The maximum atomic E-state index is 15.2. The van der Waals surface area contributed by atoms with Gasteiger partial charge >= 0.3 is 5.92 Å². The maximum absolute atomic E-state index is 15.2. The molecule has 2 aromatic carbocycles. The first-order chi connectivity index (χ1) is 13.7. The van der Waals surface area contributed by atoms with Gasteiger partial charge in [0.05, 0.1) is 0 Å². The number of halogens is 4. The van der Waals surface area contributed by atoms with Crippen LogP contribution in [0.25, 0.3) is 11.1 Å². The van der Waals surface area contributed by atoms with E-state index < -0.39 is 41.0 Å². The lowest BCUT2D eigenvalue weighted by molar-refractivity contribution is -0.196. The summed E-state index contributed by atoms with van der Waals surface area (Å²) in [5.74, 6) is -1.21. The number of phenols is 1. The summed E-state index contributed by atoms with van der Waals surface area (Å²) in [4.78, 5) is 3.73. The molecule has 1 unspecified atom stereocenters. The van der Waals surface area contributed by atoms with E-state index in [1.54, 1.807) is 12.1 Å². The van der Waals surface area contributed by atoms with Crippen LogP contribution in [-0.2, 0) is 11.5 Å². The molecule has 0 saturated carbocycles. The van der Waals surface area contributed by atoms with Crippen LogP contribution in [0.4, 0.5) is 17.6 Å². The minimum absolute atomic E-state index is 0.0468. The standard InChI is InChI=1S/C20H17F4N3O2/c21-14-4-7-16(17(22)9-14)19(29,11-27-25)20(23,24)18-8-3-13(10-26-18)12-1-5-15(28)6-2-12/h1-10,27-29H,11,25H2. The molecule has 152 valence electrons. The van der Waals surface area contributed by atoms with Gasteiger partial charge in [0.2, 0.25) is 0 Å². The fourth-order valence-corrected chi connectivity index (χ4v) is 2.96. The predicted molar refractivity (Wildman–Crippen MR) is 97.7 cm³/mol. The molecule has 1 heterocycles. The second kappa shape index (κ2) is 7.78. The third-order valence-corrected chi connectivity index (χ3v) is 4.54. The first-order valence-electron chi connectivity index (χ1n) is 8.44. The zero-order valence-electron chi connectivity index (χ0n) is 14.9. The van der Waals surface area contributed by atoms with E-state index in [9.17, 15) is 19.0 Å². The normalized spacial score (nSPS) is 13.9. The van der Waals surface area contributed by atoms with E-state index >= 15 is 8.78 Å². The van der Waals surface area contributed by atoms with E-state index in [1.165, 1.54) is 18.2 Å². The molecular formula is C20H17F4N3O2. The molecule has 5 nitrogen and oxygen atoms in total. The molecule has 3 aromatic rings. The molecule has 1 atom stereocenters. The van der Waals surface area contributed by atoms with Crippen LogP contribution in [-0.4, -0.2) is 21.7 Å². The van der Waals surface area contributed by atoms with Crippen molar-refractivity contribution in [1.29, 1.82) is 0 Å². The van der Waals surface area contributed by atoms with Crippen LogP contribution < -0.4 is 11.3 Å². The van der Waals surface area contributed by atoms with Crippen LogP contribution in [0.15, 0.2) is 60.8 Å². The molecule has 9 heteroatoms. The number of phenolic OH excluding ortho intramolecular Hbond substituents is 1. The number of aromatic nitrogens is 1. The molecule has 0 spiro atoms. The van der Waals surface area contributed by atoms with Crippen molar-refractivity contribution >= 4 is 0 Å². The number of nitrogens with two attached hydrogens (primary N) is 1. The van der Waals surface area contributed by atoms with E-state index in [0.717, 1.165) is 24.4 Å². The van der Waals surface area contributed by atoms with Crippen molar-refractivity contribution in [1.82, 2.24) is 10.4 Å². The number of nitrogens with one attached hydrogen (secondary N) is 1. The highest BCUT2D eigenvalue weighted by Gasteiger charge is 2.57. The highest BCUT2D eigenvalue weighted by atomic mass is 19.3. The minimum Gasteiger partial charge on any atom is -0.508 e. The van der Waals surface area contributed by atoms with E-state index in [4.69, 9.17) is 5.84 Å². The lowest BCUT2D eigenvalue weighted by atomic mass is 9.84. The van der Waals surface area contributed by atoms with Crippen molar-refractivity contribution in [3.63, 3.8) is 0 Å². The third kappa shape index (κ3) is 3.80. The number of hydrogen-bond acceptors (Lipinski definition) is 5. The van der Waals surface area contributed by atoms with Gasteiger partial charge in [-0.15, -0.1) is 0 Å². The Labute approximate surface area is 163 Å². The minimum atomic E-state index is -4.08. The zero-order valence-corrected chi connectivity index (χ0v) is 14.9. The second-order valence-electron chi connectivity index (χ2n) is 6.42. The predicted octanol–water partition coefficient (Wildman–Crippen LogP) is 3.18. The van der Waals surface area contributed by atoms with Crippen LogP contribution in [0.1, 0.15) is 11.3 Å². The molecule has 0 aliphatic rings. The summed E-state index contributed by atoms with van der Waals surface area (Å²) in [6.45, 7) is -0.927. The summed E-state index contributed by atoms with van der Waals surface area (Å²) in [6, 6.07) is 10.2. The van der Waals surface area contributed by atoms with Gasteiger partial charge in [0, 0.05) is 29.9 Å². The number of pyridine rings is 1. The lowest BCUT2D eigenvalue weighted by Crippen LogP contribution is -2.52. The van der Waals surface area contributed by atoms with Gasteiger partial charge in [-0.3, -0.25) is 16.3 Å². The van der Waals surface area contributed by atoms with Gasteiger partial charge in [0.1, 0.15) is 23.1 Å². The Hall–Kier alpha value is -3.01. The van der Waals surface area contributed by atoms with Crippen LogP contribution in [0, 0.1) is 11.6 Å². The molecule has 5 N–H and O–H groups in total. The van der Waals surface area contributed by atoms with Crippen molar-refractivity contribution in [3.05, 3.63) is 83.7 Å². The Kier molecular flexibility index (Phi) is 5.56. The first-order valence-corrected chi connectivity index (χ1v) is 8.44. The first kappa shape index (κ1) is 20.7. The van der Waals surface area contributed by atoms with Crippen molar-refractivity contribution in [3.8, 4) is 16.9 Å². The smallest absolute Gasteiger partial charge is 0.323 e. The number of aliphatic hydroxyl groups is 1. The van der Waals surface area contributed by atoms with Gasteiger partial charge in [-0.1, -0.05) is 24.3 Å². The van der Waals surface area contributed by atoms with Crippen LogP contribution in [0.5, 0.6) is 5.75 Å². The quantitative estimate of drug-likeness (QED) is 0.286. The summed E-state index contributed by atoms with van der Waals surface area (Å²) in [5, 5.41) is 20.1. The largest absolute Gasteiger partial charge is 0.508 e. The van der Waals surface area contributed by atoms with E-state index in [0.29, 0.717) is 17.2 Å². The molecule has 0 fully saturated rings. The SMILES string of the molecule is NNCC(O)(c1ccc(F)cc1F)C(F)(F)c1ccc(-c2ccc(O)cc2)cn1. The Morgan fingerprint density at radius 1 is 0.966 bits per heavy atom. The molecule has 0 bridgehead atoms. The molecule has 0 saturated heterocycles. The summed E-state index contributed by atoms with van der Waals surface area (Å²) < 4.78 is 57.9. The van der Waals surface area contributed by atoms with Gasteiger partial charge in [0.25, 0.3) is 0 Å². The van der Waals surface area contributed by atoms with Crippen LogP contribution >= 0.6 is 0 Å². The molecule has 0 amide bonds. The number of alkyl halides is 2. The van der Waals surface area contributed by atoms with Gasteiger partial charge in [-0.05, 0) is 29.8 Å². The number of benzene rings is 2. The van der Waals surface area contributed by atoms with Crippen molar-refractivity contribution in [2.45, 2.75) is 11.5 Å². The molecule has 1 aromatic heterocycles. The Balaban J connectivity index is 2.03. The number of aromatic hydroxyl groups is 1. The summed E-state index contributed by atoms with van der Waals surface area (Å²) in [6.07, 6.45) is 1.16. The molecule has 0 aliphatic heterocycles. The summed E-state index contributed by atoms with van der Waals surface area (Å²) >= 11 is 0. The number of hydrazine groups is 1. The van der Waals surface area contributed by atoms with E-state index in [1.807, 2.05) is 5.43 Å². The number of hydrogen-bond donors (Lipinski definition) is 4. The average molecular weight is 407 g/mol. The number of rotatable bonds is 6. The average Bonchev–Trinajstić information content (AvgIpc) is 2.68.